The number of guanidine groups is 1. The number of halogens is 1. The van der Waals surface area contributed by atoms with Gasteiger partial charge in [0.2, 0.25) is 0 Å². The quantitative estimate of drug-likeness (QED) is 0.768. The Hall–Kier alpha value is -0.790. The van der Waals surface area contributed by atoms with E-state index in [1.54, 1.807) is 0 Å². The number of hydrogen-bond donors (Lipinski definition) is 2. The standard InChI is InChI=1S/C13H21N5.HI/c1-9-7-14-13(16-9)15-8-12-10-5-3-4-6-11(10)17-18(12)2;/h9H,3-8H2,1-2H3,(H2,14,15,16);1H. The van der Waals surface area contributed by atoms with Gasteiger partial charge in [-0.3, -0.25) is 9.67 Å². The Morgan fingerprint density at radius 2 is 2.16 bits per heavy atom. The third kappa shape index (κ3) is 3.04. The van der Waals surface area contributed by atoms with Crippen LogP contribution in [0.25, 0.3) is 0 Å². The fraction of sp³-hybridized carbons (Fsp3) is 0.692. The maximum atomic E-state index is 4.63. The van der Waals surface area contributed by atoms with Crippen molar-refractivity contribution >= 4 is 29.9 Å². The zero-order chi connectivity index (χ0) is 12.5. The molecule has 0 spiro atoms. The van der Waals surface area contributed by atoms with Crippen molar-refractivity contribution < 1.29 is 0 Å². The Kier molecular flexibility index (Phi) is 4.70. The summed E-state index contributed by atoms with van der Waals surface area (Å²) in [5, 5.41) is 11.3. The smallest absolute Gasteiger partial charge is 0.191 e. The molecule has 106 valence electrons. The first-order valence-corrected chi connectivity index (χ1v) is 6.82. The largest absolute Gasteiger partial charge is 0.352 e. The number of aliphatic imine (C=N–C) groups is 1. The van der Waals surface area contributed by atoms with E-state index < -0.39 is 0 Å². The fourth-order valence-electron chi connectivity index (χ4n) is 2.80. The molecular formula is C13H22IN5. The van der Waals surface area contributed by atoms with Crippen LogP contribution >= 0.6 is 24.0 Å². The molecule has 3 rings (SSSR count). The lowest BCUT2D eigenvalue weighted by atomic mass is 9.96. The zero-order valence-corrected chi connectivity index (χ0v) is 13.9. The van der Waals surface area contributed by atoms with Gasteiger partial charge < -0.3 is 10.6 Å². The van der Waals surface area contributed by atoms with Crippen molar-refractivity contribution in [1.29, 1.82) is 0 Å². The summed E-state index contributed by atoms with van der Waals surface area (Å²) in [5.41, 5.74) is 4.08. The van der Waals surface area contributed by atoms with E-state index in [0.717, 1.165) is 25.5 Å². The van der Waals surface area contributed by atoms with Gasteiger partial charge in [0, 0.05) is 13.1 Å². The van der Waals surface area contributed by atoms with Gasteiger partial charge in [-0.1, -0.05) is 0 Å². The van der Waals surface area contributed by atoms with Crippen LogP contribution in [-0.4, -0.2) is 28.3 Å². The van der Waals surface area contributed by atoms with Crippen molar-refractivity contribution in [3.8, 4) is 0 Å². The normalized spacial score (nSPS) is 21.2. The average molecular weight is 375 g/mol. The highest BCUT2D eigenvalue weighted by molar-refractivity contribution is 14.0. The first kappa shape index (κ1) is 14.6. The molecule has 19 heavy (non-hydrogen) atoms. The molecule has 1 aromatic rings. The number of fused-ring (bicyclic) bond motifs is 1. The summed E-state index contributed by atoms with van der Waals surface area (Å²) in [4.78, 5) is 4.42. The minimum atomic E-state index is 0. The number of nitrogens with one attached hydrogen (secondary N) is 2. The molecule has 6 heteroatoms. The average Bonchev–Trinajstić information content (AvgIpc) is 2.90. The Morgan fingerprint density at radius 3 is 2.89 bits per heavy atom. The molecule has 0 bridgehead atoms. The molecule has 1 aliphatic carbocycles. The number of aromatic nitrogens is 2. The van der Waals surface area contributed by atoms with Gasteiger partial charge in [-0.15, -0.1) is 24.0 Å². The summed E-state index contributed by atoms with van der Waals surface area (Å²) in [6.07, 6.45) is 4.89. The van der Waals surface area contributed by atoms with E-state index in [0.29, 0.717) is 6.04 Å². The van der Waals surface area contributed by atoms with Gasteiger partial charge in [0.1, 0.15) is 0 Å². The summed E-state index contributed by atoms with van der Waals surface area (Å²) in [6, 6.07) is 0.452. The van der Waals surface area contributed by atoms with Gasteiger partial charge in [-0.05, 0) is 38.2 Å². The van der Waals surface area contributed by atoms with Crippen LogP contribution in [-0.2, 0) is 26.4 Å². The minimum Gasteiger partial charge on any atom is -0.352 e. The lowest BCUT2D eigenvalue weighted by Gasteiger charge is -2.13. The number of nitrogens with zero attached hydrogens (tertiary/aromatic N) is 3. The van der Waals surface area contributed by atoms with E-state index in [9.17, 15) is 0 Å². The van der Waals surface area contributed by atoms with Gasteiger partial charge in [-0.2, -0.15) is 5.10 Å². The van der Waals surface area contributed by atoms with Crippen LogP contribution in [0.5, 0.6) is 0 Å². The third-order valence-corrected chi connectivity index (χ3v) is 3.78. The van der Waals surface area contributed by atoms with Crippen LogP contribution in [0, 0.1) is 0 Å². The topological polar surface area (TPSA) is 54.2 Å². The SMILES string of the molecule is CC1CN=C(NCc2c3c(nn2C)CCCC3)N1.I. The van der Waals surface area contributed by atoms with Crippen molar-refractivity contribution in [2.45, 2.75) is 45.2 Å². The third-order valence-electron chi connectivity index (χ3n) is 3.78. The molecule has 5 nitrogen and oxygen atoms in total. The number of aryl methyl sites for hydroxylation is 2. The first-order chi connectivity index (χ1) is 8.74. The van der Waals surface area contributed by atoms with Crippen LogP contribution in [0.1, 0.15) is 36.7 Å². The van der Waals surface area contributed by atoms with E-state index in [2.05, 4.69) is 27.6 Å². The van der Waals surface area contributed by atoms with Crippen molar-refractivity contribution in [2.24, 2.45) is 12.0 Å². The molecule has 1 unspecified atom stereocenters. The van der Waals surface area contributed by atoms with Crippen LogP contribution in [0.15, 0.2) is 4.99 Å². The van der Waals surface area contributed by atoms with E-state index in [1.807, 2.05) is 11.7 Å². The summed E-state index contributed by atoms with van der Waals surface area (Å²) >= 11 is 0. The highest BCUT2D eigenvalue weighted by atomic mass is 127. The summed E-state index contributed by atoms with van der Waals surface area (Å²) in [5.74, 6) is 0.924. The summed E-state index contributed by atoms with van der Waals surface area (Å²) < 4.78 is 2.03. The monoisotopic (exact) mass is 375 g/mol. The molecular weight excluding hydrogens is 353 g/mol. The predicted octanol–water partition coefficient (Wildman–Crippen LogP) is 1.35. The lowest BCUT2D eigenvalue weighted by molar-refractivity contribution is 0.662. The van der Waals surface area contributed by atoms with Crippen molar-refractivity contribution in [3.05, 3.63) is 17.0 Å². The van der Waals surface area contributed by atoms with Crippen molar-refractivity contribution in [2.75, 3.05) is 6.54 Å². The molecule has 0 amide bonds. The van der Waals surface area contributed by atoms with Gasteiger partial charge in [0.05, 0.1) is 24.5 Å². The summed E-state index contributed by atoms with van der Waals surface area (Å²) in [6.45, 7) is 3.83. The van der Waals surface area contributed by atoms with Gasteiger partial charge in [-0.25, -0.2) is 0 Å². The number of rotatable bonds is 2. The second-order valence-electron chi connectivity index (χ2n) is 5.29. The van der Waals surface area contributed by atoms with E-state index >= 15 is 0 Å². The van der Waals surface area contributed by atoms with Crippen LogP contribution in [0.4, 0.5) is 0 Å². The van der Waals surface area contributed by atoms with E-state index in [1.165, 1.54) is 36.2 Å². The van der Waals surface area contributed by atoms with E-state index in [4.69, 9.17) is 0 Å². The fourth-order valence-corrected chi connectivity index (χ4v) is 2.80. The van der Waals surface area contributed by atoms with Crippen LogP contribution in [0.2, 0.25) is 0 Å². The molecule has 2 heterocycles. The maximum Gasteiger partial charge on any atom is 0.191 e. The van der Waals surface area contributed by atoms with Gasteiger partial charge in [0.15, 0.2) is 5.96 Å². The van der Waals surface area contributed by atoms with Gasteiger partial charge in [0.25, 0.3) is 0 Å². The first-order valence-electron chi connectivity index (χ1n) is 6.82. The minimum absolute atomic E-state index is 0. The van der Waals surface area contributed by atoms with Crippen molar-refractivity contribution in [3.63, 3.8) is 0 Å². The molecule has 2 aliphatic rings. The Balaban J connectivity index is 0.00000133. The molecule has 0 saturated carbocycles. The second-order valence-corrected chi connectivity index (χ2v) is 5.29. The van der Waals surface area contributed by atoms with Crippen LogP contribution < -0.4 is 10.6 Å². The molecule has 0 radical (unpaired) electrons. The Labute approximate surface area is 131 Å². The van der Waals surface area contributed by atoms with Gasteiger partial charge >= 0.3 is 0 Å². The lowest BCUT2D eigenvalue weighted by Crippen LogP contribution is -2.37. The zero-order valence-electron chi connectivity index (χ0n) is 11.6. The molecule has 1 aromatic heterocycles. The Morgan fingerprint density at radius 1 is 1.37 bits per heavy atom. The molecule has 2 N–H and O–H groups in total. The second kappa shape index (κ2) is 6.11. The summed E-state index contributed by atoms with van der Waals surface area (Å²) in [7, 11) is 2.04. The molecule has 0 fully saturated rings. The highest BCUT2D eigenvalue weighted by Gasteiger charge is 2.20. The molecule has 1 aliphatic heterocycles. The molecule has 0 saturated heterocycles. The van der Waals surface area contributed by atoms with Crippen LogP contribution in [0.3, 0.4) is 0 Å². The highest BCUT2D eigenvalue weighted by Crippen LogP contribution is 2.23. The predicted molar refractivity (Wildman–Crippen MR) is 87.0 cm³/mol. The maximum absolute atomic E-state index is 4.63. The number of hydrogen-bond acceptors (Lipinski definition) is 4. The molecule has 1 atom stereocenters. The van der Waals surface area contributed by atoms with Crippen molar-refractivity contribution in [1.82, 2.24) is 20.4 Å². The Bertz CT molecular complexity index is 480. The van der Waals surface area contributed by atoms with E-state index in [-0.39, 0.29) is 24.0 Å². The molecule has 0 aromatic carbocycles.